The van der Waals surface area contributed by atoms with E-state index < -0.39 is 25.7 Å². The Morgan fingerprint density at radius 2 is 1.48 bits per heavy atom. The van der Waals surface area contributed by atoms with Crippen molar-refractivity contribution in [2.24, 2.45) is 5.41 Å². The highest BCUT2D eigenvalue weighted by atomic mass is 33.1. The van der Waals surface area contributed by atoms with Crippen LogP contribution in [0.25, 0.3) is 0 Å². The zero-order valence-electron chi connectivity index (χ0n) is 16.3. The van der Waals surface area contributed by atoms with Gasteiger partial charge in [-0.3, -0.25) is 9.59 Å². The van der Waals surface area contributed by atoms with Crippen molar-refractivity contribution in [1.29, 1.82) is 0 Å². The van der Waals surface area contributed by atoms with Crippen LogP contribution in [0.5, 0.6) is 0 Å². The molecular weight excluding hydrogens is 380 g/mol. The summed E-state index contributed by atoms with van der Waals surface area (Å²) in [5, 5.41) is -0.0656. The van der Waals surface area contributed by atoms with Gasteiger partial charge in [0.1, 0.15) is 5.94 Å². The molecule has 0 unspecified atom stereocenters. The molecule has 0 aliphatic rings. The first-order valence-electron chi connectivity index (χ1n) is 8.31. The topological polar surface area (TPSA) is 71.1 Å². The van der Waals surface area contributed by atoms with Crippen molar-refractivity contribution in [2.75, 3.05) is 32.4 Å². The van der Waals surface area contributed by atoms with Crippen molar-refractivity contribution >= 4 is 42.7 Å². The molecule has 0 fully saturated rings. The van der Waals surface area contributed by atoms with Crippen LogP contribution in [0.4, 0.5) is 0 Å². The summed E-state index contributed by atoms with van der Waals surface area (Å²) in [7, 11) is -1.04. The fourth-order valence-corrected chi connectivity index (χ4v) is 3.09. The molecular formula is C16H32O6S2Si. The molecule has 0 spiro atoms. The minimum atomic E-state index is -2.19. The highest BCUT2D eigenvalue weighted by Crippen LogP contribution is 2.38. The van der Waals surface area contributed by atoms with Crippen LogP contribution in [0, 0.1) is 5.41 Å². The number of carbonyl (C=O) groups is 2. The van der Waals surface area contributed by atoms with Crippen LogP contribution in [0.3, 0.4) is 0 Å². The summed E-state index contributed by atoms with van der Waals surface area (Å²) in [6, 6.07) is 0. The first-order chi connectivity index (χ1) is 11.5. The Morgan fingerprint density at radius 1 is 1.00 bits per heavy atom. The lowest BCUT2D eigenvalue weighted by molar-refractivity contribution is -0.179. The first kappa shape index (κ1) is 24.8. The van der Waals surface area contributed by atoms with Crippen LogP contribution in [-0.4, -0.2) is 52.6 Å². The molecule has 148 valence electrons. The maximum atomic E-state index is 12.6. The van der Waals surface area contributed by atoms with Crippen molar-refractivity contribution in [3.63, 3.8) is 0 Å². The first-order valence-corrected chi connectivity index (χ1v) is 13.3. The van der Waals surface area contributed by atoms with E-state index in [0.717, 1.165) is 10.8 Å². The summed E-state index contributed by atoms with van der Waals surface area (Å²) in [6.07, 6.45) is 0. The van der Waals surface area contributed by atoms with Crippen LogP contribution >= 0.6 is 22.5 Å². The monoisotopic (exact) mass is 412 g/mol. The maximum absolute atomic E-state index is 12.6. The van der Waals surface area contributed by atoms with Crippen LogP contribution < -0.4 is 0 Å². The van der Waals surface area contributed by atoms with Crippen LogP contribution in [0.1, 0.15) is 34.6 Å². The Morgan fingerprint density at radius 3 is 1.84 bits per heavy atom. The molecule has 0 heterocycles. The molecule has 0 saturated carbocycles. The molecule has 0 aliphatic carbocycles. The lowest BCUT2D eigenvalue weighted by Crippen LogP contribution is -2.53. The Bertz CT molecular complexity index is 419. The molecule has 0 amide bonds. The number of hydrogen-bond donors (Lipinski definition) is 1. The molecule has 0 aromatic carbocycles. The highest BCUT2D eigenvalue weighted by Gasteiger charge is 2.52. The van der Waals surface area contributed by atoms with Crippen molar-refractivity contribution in [1.82, 2.24) is 0 Å². The number of carbonyl (C=O) groups excluding carboxylic acids is 2. The second-order valence-corrected chi connectivity index (χ2v) is 13.2. The minimum Gasteiger partial charge on any atom is -0.465 e. The van der Waals surface area contributed by atoms with E-state index in [2.05, 4.69) is 45.5 Å². The van der Waals surface area contributed by atoms with Gasteiger partial charge in [-0.2, -0.15) is 0 Å². The molecule has 0 radical (unpaired) electrons. The third-order valence-corrected chi connectivity index (χ3v) is 9.37. The Balaban J connectivity index is 5.64. The molecule has 0 atom stereocenters. The Hall–Kier alpha value is -0.223. The zero-order valence-corrected chi connectivity index (χ0v) is 19.1. The number of thiol groups is 1. The summed E-state index contributed by atoms with van der Waals surface area (Å²) in [5.74, 6) is -1.14. The van der Waals surface area contributed by atoms with E-state index in [9.17, 15) is 9.59 Å². The van der Waals surface area contributed by atoms with Crippen molar-refractivity contribution in [3.05, 3.63) is 0 Å². The maximum Gasteiger partial charge on any atom is 0.328 e. The lowest BCUT2D eigenvalue weighted by Gasteiger charge is -2.39. The van der Waals surface area contributed by atoms with Gasteiger partial charge in [-0.15, -0.1) is 11.7 Å². The summed E-state index contributed by atoms with van der Waals surface area (Å²) >= 11 is 4.01. The summed E-state index contributed by atoms with van der Waals surface area (Å²) in [4.78, 5) is 25.3. The third kappa shape index (κ3) is 7.13. The van der Waals surface area contributed by atoms with Gasteiger partial charge in [-0.05, 0) is 32.0 Å². The fraction of sp³-hybridized carbons (Fsp3) is 0.875. The number of esters is 2. The largest absolute Gasteiger partial charge is 0.465 e. The molecule has 0 aromatic heterocycles. The van der Waals surface area contributed by atoms with E-state index in [-0.39, 0.29) is 37.4 Å². The Labute approximate surface area is 161 Å². The SMILES string of the molecule is CCOC(=O)C(COCSS)(CO[Si](C)(C)C(C)(C)C)C(=O)OCC. The van der Waals surface area contributed by atoms with E-state index in [1.165, 1.54) is 0 Å². The molecule has 25 heavy (non-hydrogen) atoms. The van der Waals surface area contributed by atoms with Crippen LogP contribution in [-0.2, 0) is 28.2 Å². The number of ether oxygens (including phenoxy) is 3. The van der Waals surface area contributed by atoms with E-state index in [4.69, 9.17) is 18.6 Å². The molecule has 0 N–H and O–H groups in total. The smallest absolute Gasteiger partial charge is 0.328 e. The molecule has 6 nitrogen and oxygen atoms in total. The van der Waals surface area contributed by atoms with Gasteiger partial charge in [0.2, 0.25) is 5.41 Å². The molecule has 0 aliphatic heterocycles. The number of hydrogen-bond acceptors (Lipinski definition) is 8. The van der Waals surface area contributed by atoms with E-state index in [1.54, 1.807) is 13.8 Å². The minimum absolute atomic E-state index is 0.0656. The summed E-state index contributed by atoms with van der Waals surface area (Å²) in [5.41, 5.74) is -1.63. The van der Waals surface area contributed by atoms with Gasteiger partial charge in [0.05, 0.1) is 26.4 Å². The average molecular weight is 413 g/mol. The van der Waals surface area contributed by atoms with Crippen molar-refractivity contribution in [3.8, 4) is 0 Å². The van der Waals surface area contributed by atoms with Crippen LogP contribution in [0.2, 0.25) is 18.1 Å². The standard InChI is InChI=1S/C16H32O6S2Si/c1-8-20-13(17)16(10-19-12-24-23,14(18)21-9-2)11-22-25(6,7)15(3,4)5/h23H,8-12H2,1-7H3. The average Bonchev–Trinajstić information content (AvgIpc) is 2.50. The van der Waals surface area contributed by atoms with Gasteiger partial charge in [0, 0.05) is 0 Å². The van der Waals surface area contributed by atoms with Gasteiger partial charge in [0.15, 0.2) is 8.32 Å². The molecule has 9 heteroatoms. The van der Waals surface area contributed by atoms with E-state index >= 15 is 0 Å². The van der Waals surface area contributed by atoms with Gasteiger partial charge < -0.3 is 18.6 Å². The van der Waals surface area contributed by atoms with Crippen molar-refractivity contribution in [2.45, 2.75) is 52.8 Å². The van der Waals surface area contributed by atoms with Gasteiger partial charge in [-0.25, -0.2) is 0 Å². The van der Waals surface area contributed by atoms with E-state index in [0.29, 0.717) is 0 Å². The Kier molecular flexibility index (Phi) is 10.7. The molecule has 0 rings (SSSR count). The highest BCUT2D eigenvalue weighted by molar-refractivity contribution is 8.68. The van der Waals surface area contributed by atoms with E-state index in [1.807, 2.05) is 0 Å². The predicted octanol–water partition coefficient (Wildman–Crippen LogP) is 3.67. The summed E-state index contributed by atoms with van der Waals surface area (Å²) < 4.78 is 21.9. The van der Waals surface area contributed by atoms with Gasteiger partial charge >= 0.3 is 11.9 Å². The second-order valence-electron chi connectivity index (χ2n) is 7.17. The van der Waals surface area contributed by atoms with Gasteiger partial charge in [0.25, 0.3) is 0 Å². The normalized spacial score (nSPS) is 12.8. The number of rotatable bonds is 11. The zero-order chi connectivity index (χ0) is 19.7. The van der Waals surface area contributed by atoms with Crippen molar-refractivity contribution < 1.29 is 28.2 Å². The predicted molar refractivity (Wildman–Crippen MR) is 106 cm³/mol. The van der Waals surface area contributed by atoms with Crippen LogP contribution in [0.15, 0.2) is 0 Å². The fourth-order valence-electron chi connectivity index (χ4n) is 1.67. The lowest BCUT2D eigenvalue weighted by atomic mass is 9.90. The molecule has 0 aromatic rings. The third-order valence-electron chi connectivity index (χ3n) is 4.30. The quantitative estimate of drug-likeness (QED) is 0.106. The van der Waals surface area contributed by atoms with Gasteiger partial charge in [-0.1, -0.05) is 31.6 Å². The second kappa shape index (κ2) is 10.8. The summed E-state index contributed by atoms with van der Waals surface area (Å²) in [6.45, 7) is 13.8. The molecule has 0 saturated heterocycles. The molecule has 0 bridgehead atoms.